The molecule has 0 unspecified atom stereocenters. The van der Waals surface area contributed by atoms with E-state index in [0.717, 1.165) is 24.8 Å². The lowest BCUT2D eigenvalue weighted by Crippen LogP contribution is -2.26. The second-order valence-corrected chi connectivity index (χ2v) is 8.67. The third-order valence-electron chi connectivity index (χ3n) is 4.84. The molecule has 1 aliphatic rings. The van der Waals surface area contributed by atoms with Gasteiger partial charge in [0.25, 0.3) is 5.91 Å². The highest BCUT2D eigenvalue weighted by molar-refractivity contribution is 7.16. The molecule has 1 aliphatic carbocycles. The predicted molar refractivity (Wildman–Crippen MR) is 98.7 cm³/mol. The highest BCUT2D eigenvalue weighted by Crippen LogP contribution is 2.44. The van der Waals surface area contributed by atoms with Crippen LogP contribution in [0, 0.1) is 29.6 Å². The van der Waals surface area contributed by atoms with Crippen LogP contribution >= 0.6 is 11.3 Å². The number of thiophene rings is 1. The van der Waals surface area contributed by atoms with Crippen molar-refractivity contribution in [1.82, 2.24) is 9.97 Å². The maximum atomic E-state index is 12.5. The fraction of sp³-hybridized carbons (Fsp3) is 0.474. The van der Waals surface area contributed by atoms with Crippen molar-refractivity contribution in [3.05, 3.63) is 39.8 Å². The van der Waals surface area contributed by atoms with E-state index in [-0.39, 0.29) is 11.3 Å². The molecular formula is C19H22N4OS. The minimum Gasteiger partial charge on any atom is -0.311 e. The standard InChI is InChI=1S/C19H22N4OS/c1-11-21-8-7-15(22-11)17(24)23-18-14(10-20)13-6-5-12(19(2,3)4)9-16(13)25-18/h7-8,12H,5-6,9H2,1-4H3,(H,23,24)/t12-/m1/s1. The van der Waals surface area contributed by atoms with Crippen molar-refractivity contribution in [2.24, 2.45) is 11.3 Å². The second-order valence-electron chi connectivity index (χ2n) is 7.57. The summed E-state index contributed by atoms with van der Waals surface area (Å²) < 4.78 is 0. The normalized spacial score (nSPS) is 16.8. The predicted octanol–water partition coefficient (Wildman–Crippen LogP) is 4.12. The molecular weight excluding hydrogens is 332 g/mol. The molecule has 0 fully saturated rings. The van der Waals surface area contributed by atoms with E-state index in [0.29, 0.717) is 28.0 Å². The van der Waals surface area contributed by atoms with Gasteiger partial charge >= 0.3 is 0 Å². The Kier molecular flexibility index (Phi) is 4.61. The molecule has 130 valence electrons. The van der Waals surface area contributed by atoms with Crippen LogP contribution in [0.1, 0.15) is 59.5 Å². The molecule has 3 rings (SSSR count). The number of amides is 1. The first-order valence-electron chi connectivity index (χ1n) is 8.45. The van der Waals surface area contributed by atoms with Crippen LogP contribution in [-0.2, 0) is 12.8 Å². The first-order valence-corrected chi connectivity index (χ1v) is 9.27. The SMILES string of the molecule is Cc1nccc(C(=O)Nc2sc3c(c2C#N)CC[C@@H](C(C)(C)C)C3)n1. The Morgan fingerprint density at radius 1 is 1.44 bits per heavy atom. The van der Waals surface area contributed by atoms with Crippen molar-refractivity contribution in [1.29, 1.82) is 5.26 Å². The molecule has 0 aliphatic heterocycles. The lowest BCUT2D eigenvalue weighted by molar-refractivity contribution is 0.102. The van der Waals surface area contributed by atoms with Crippen LogP contribution in [0.2, 0.25) is 0 Å². The van der Waals surface area contributed by atoms with Gasteiger partial charge in [0.05, 0.1) is 5.56 Å². The molecule has 1 atom stereocenters. The topological polar surface area (TPSA) is 78.7 Å². The van der Waals surface area contributed by atoms with Gasteiger partial charge in [0.2, 0.25) is 0 Å². The number of nitriles is 1. The monoisotopic (exact) mass is 354 g/mol. The van der Waals surface area contributed by atoms with Crippen molar-refractivity contribution in [2.75, 3.05) is 5.32 Å². The van der Waals surface area contributed by atoms with Crippen LogP contribution in [0.25, 0.3) is 0 Å². The summed E-state index contributed by atoms with van der Waals surface area (Å²) in [7, 11) is 0. The second kappa shape index (κ2) is 6.57. The van der Waals surface area contributed by atoms with E-state index in [1.165, 1.54) is 16.2 Å². The van der Waals surface area contributed by atoms with Crippen molar-refractivity contribution in [2.45, 2.75) is 47.0 Å². The highest BCUT2D eigenvalue weighted by Gasteiger charge is 2.32. The Hall–Kier alpha value is -2.26. The molecule has 0 aromatic carbocycles. The number of rotatable bonds is 2. The number of anilines is 1. The summed E-state index contributed by atoms with van der Waals surface area (Å²) in [6, 6.07) is 3.87. The van der Waals surface area contributed by atoms with Gasteiger partial charge in [-0.2, -0.15) is 5.26 Å². The third-order valence-corrected chi connectivity index (χ3v) is 6.01. The number of hydrogen-bond acceptors (Lipinski definition) is 5. The minimum atomic E-state index is -0.298. The Morgan fingerprint density at radius 3 is 2.84 bits per heavy atom. The van der Waals surface area contributed by atoms with Gasteiger partial charge in [0.15, 0.2) is 0 Å². The largest absolute Gasteiger partial charge is 0.311 e. The molecule has 5 nitrogen and oxygen atoms in total. The summed E-state index contributed by atoms with van der Waals surface area (Å²) in [5.74, 6) is 0.845. The average molecular weight is 354 g/mol. The Labute approximate surface area is 152 Å². The molecule has 0 saturated carbocycles. The summed E-state index contributed by atoms with van der Waals surface area (Å²) >= 11 is 1.54. The van der Waals surface area contributed by atoms with Crippen LogP contribution in [0.4, 0.5) is 5.00 Å². The van der Waals surface area contributed by atoms with Gasteiger partial charge in [-0.05, 0) is 49.1 Å². The number of nitrogens with zero attached hydrogens (tertiary/aromatic N) is 3. The molecule has 6 heteroatoms. The van der Waals surface area contributed by atoms with Crippen molar-refractivity contribution < 1.29 is 4.79 Å². The van der Waals surface area contributed by atoms with Gasteiger partial charge in [0.1, 0.15) is 22.6 Å². The molecule has 0 spiro atoms. The van der Waals surface area contributed by atoms with Gasteiger partial charge in [-0.15, -0.1) is 11.3 Å². The van der Waals surface area contributed by atoms with E-state index in [2.05, 4.69) is 42.1 Å². The van der Waals surface area contributed by atoms with Gasteiger partial charge in [0, 0.05) is 11.1 Å². The number of aromatic nitrogens is 2. The lowest BCUT2D eigenvalue weighted by Gasteiger charge is -2.33. The number of nitrogens with one attached hydrogen (secondary N) is 1. The van der Waals surface area contributed by atoms with Crippen LogP contribution < -0.4 is 5.32 Å². The van der Waals surface area contributed by atoms with E-state index >= 15 is 0 Å². The third kappa shape index (κ3) is 3.57. The number of carbonyl (C=O) groups excluding carboxylic acids is 1. The maximum absolute atomic E-state index is 12.5. The molecule has 25 heavy (non-hydrogen) atoms. The maximum Gasteiger partial charge on any atom is 0.275 e. The number of hydrogen-bond donors (Lipinski definition) is 1. The van der Waals surface area contributed by atoms with E-state index in [4.69, 9.17) is 0 Å². The molecule has 2 heterocycles. The summed E-state index contributed by atoms with van der Waals surface area (Å²) in [5, 5.41) is 13.1. The average Bonchev–Trinajstić information content (AvgIpc) is 2.90. The molecule has 0 saturated heterocycles. The van der Waals surface area contributed by atoms with E-state index in [9.17, 15) is 10.1 Å². The van der Waals surface area contributed by atoms with E-state index in [1.807, 2.05) is 0 Å². The fourth-order valence-electron chi connectivity index (χ4n) is 3.28. The molecule has 0 radical (unpaired) electrons. The summed E-state index contributed by atoms with van der Waals surface area (Å²) in [6.45, 7) is 8.54. The number of fused-ring (bicyclic) bond motifs is 1. The number of aryl methyl sites for hydroxylation is 1. The molecule has 0 bridgehead atoms. The zero-order valence-electron chi connectivity index (χ0n) is 15.0. The Bertz CT molecular complexity index is 857. The van der Waals surface area contributed by atoms with Crippen LogP contribution in [-0.4, -0.2) is 15.9 Å². The van der Waals surface area contributed by atoms with Crippen LogP contribution in [0.3, 0.4) is 0 Å². The smallest absolute Gasteiger partial charge is 0.275 e. The molecule has 1 amide bonds. The molecule has 2 aromatic rings. The Morgan fingerprint density at radius 2 is 2.20 bits per heavy atom. The van der Waals surface area contributed by atoms with Gasteiger partial charge in [-0.3, -0.25) is 4.79 Å². The highest BCUT2D eigenvalue weighted by atomic mass is 32.1. The van der Waals surface area contributed by atoms with E-state index in [1.54, 1.807) is 19.2 Å². The molecule has 2 aromatic heterocycles. The van der Waals surface area contributed by atoms with Gasteiger partial charge in [-0.1, -0.05) is 20.8 Å². The zero-order valence-corrected chi connectivity index (χ0v) is 15.8. The minimum absolute atomic E-state index is 0.246. The van der Waals surface area contributed by atoms with Crippen LogP contribution in [0.15, 0.2) is 12.3 Å². The Balaban J connectivity index is 1.88. The number of carbonyl (C=O) groups is 1. The van der Waals surface area contributed by atoms with Crippen molar-refractivity contribution in [3.63, 3.8) is 0 Å². The first-order chi connectivity index (χ1) is 11.8. The summed E-state index contributed by atoms with van der Waals surface area (Å²) in [4.78, 5) is 21.9. The first kappa shape index (κ1) is 17.6. The van der Waals surface area contributed by atoms with Crippen LogP contribution in [0.5, 0.6) is 0 Å². The zero-order chi connectivity index (χ0) is 18.2. The quantitative estimate of drug-likeness (QED) is 0.880. The lowest BCUT2D eigenvalue weighted by atomic mass is 9.72. The van der Waals surface area contributed by atoms with Crippen molar-refractivity contribution >= 4 is 22.2 Å². The molecule has 1 N–H and O–H groups in total. The van der Waals surface area contributed by atoms with Crippen molar-refractivity contribution in [3.8, 4) is 6.07 Å². The fourth-order valence-corrected chi connectivity index (χ4v) is 4.55. The van der Waals surface area contributed by atoms with E-state index < -0.39 is 0 Å². The van der Waals surface area contributed by atoms with Gasteiger partial charge < -0.3 is 5.32 Å². The summed E-state index contributed by atoms with van der Waals surface area (Å²) in [5.41, 5.74) is 2.29. The summed E-state index contributed by atoms with van der Waals surface area (Å²) in [6.07, 6.45) is 4.52. The van der Waals surface area contributed by atoms with Gasteiger partial charge in [-0.25, -0.2) is 9.97 Å².